The van der Waals surface area contributed by atoms with E-state index in [0.717, 1.165) is 16.8 Å². The van der Waals surface area contributed by atoms with Gasteiger partial charge in [-0.15, -0.1) is 0 Å². The van der Waals surface area contributed by atoms with Crippen LogP contribution < -0.4 is 10.6 Å². The summed E-state index contributed by atoms with van der Waals surface area (Å²) >= 11 is 0. The van der Waals surface area contributed by atoms with Crippen molar-refractivity contribution in [2.45, 2.75) is 13.5 Å². The molecule has 0 heterocycles. The first-order valence-corrected chi connectivity index (χ1v) is 6.03. The van der Waals surface area contributed by atoms with Gasteiger partial charge in [0.25, 0.3) is 0 Å². The molecule has 2 rings (SSSR count). The van der Waals surface area contributed by atoms with Crippen LogP contribution in [-0.2, 0) is 6.54 Å². The summed E-state index contributed by atoms with van der Waals surface area (Å²) in [5.74, 6) is 0.216. The maximum atomic E-state index is 11.7. The highest BCUT2D eigenvalue weighted by Crippen LogP contribution is 2.10. The molecule has 0 aromatic heterocycles. The van der Waals surface area contributed by atoms with E-state index in [2.05, 4.69) is 10.6 Å². The summed E-state index contributed by atoms with van der Waals surface area (Å²) in [6.45, 7) is 2.41. The first-order chi connectivity index (χ1) is 9.13. The Kier molecular flexibility index (Phi) is 4.03. The van der Waals surface area contributed by atoms with Crippen LogP contribution in [0.3, 0.4) is 0 Å². The fourth-order valence-electron chi connectivity index (χ4n) is 1.61. The lowest BCUT2D eigenvalue weighted by Gasteiger charge is -2.08. The molecule has 0 spiro atoms. The van der Waals surface area contributed by atoms with Crippen molar-refractivity contribution in [2.75, 3.05) is 5.32 Å². The monoisotopic (exact) mass is 256 g/mol. The molecule has 0 saturated heterocycles. The molecular formula is C15H16N2O2. The van der Waals surface area contributed by atoms with Gasteiger partial charge in [-0.2, -0.15) is 0 Å². The minimum atomic E-state index is -0.253. The number of benzene rings is 2. The first kappa shape index (κ1) is 13.0. The zero-order chi connectivity index (χ0) is 13.7. The Balaban J connectivity index is 1.84. The van der Waals surface area contributed by atoms with E-state index >= 15 is 0 Å². The molecule has 0 aliphatic heterocycles. The number of nitrogens with one attached hydrogen (secondary N) is 2. The Bertz CT molecular complexity index is 547. The van der Waals surface area contributed by atoms with Crippen molar-refractivity contribution in [1.29, 1.82) is 0 Å². The third-order valence-electron chi connectivity index (χ3n) is 2.70. The molecule has 2 aromatic rings. The summed E-state index contributed by atoms with van der Waals surface area (Å²) in [7, 11) is 0. The molecule has 98 valence electrons. The van der Waals surface area contributed by atoms with Crippen molar-refractivity contribution >= 4 is 11.7 Å². The maximum Gasteiger partial charge on any atom is 0.319 e. The van der Waals surface area contributed by atoms with Gasteiger partial charge in [-0.3, -0.25) is 0 Å². The van der Waals surface area contributed by atoms with E-state index in [9.17, 15) is 4.79 Å². The molecular weight excluding hydrogens is 240 g/mol. The van der Waals surface area contributed by atoms with Gasteiger partial charge in [0.1, 0.15) is 5.75 Å². The van der Waals surface area contributed by atoms with Crippen LogP contribution >= 0.6 is 0 Å². The van der Waals surface area contributed by atoms with Crippen LogP contribution in [0.4, 0.5) is 10.5 Å². The van der Waals surface area contributed by atoms with Crippen LogP contribution in [0.15, 0.2) is 48.5 Å². The Hall–Kier alpha value is -2.49. The number of carbonyl (C=O) groups is 1. The number of phenols is 1. The second kappa shape index (κ2) is 5.91. The van der Waals surface area contributed by atoms with E-state index in [-0.39, 0.29) is 11.8 Å². The van der Waals surface area contributed by atoms with Crippen molar-refractivity contribution in [3.8, 4) is 5.75 Å². The minimum absolute atomic E-state index is 0.216. The number of hydrogen-bond donors (Lipinski definition) is 3. The number of aromatic hydroxyl groups is 1. The second-order valence-electron chi connectivity index (χ2n) is 4.34. The van der Waals surface area contributed by atoms with E-state index in [0.29, 0.717) is 6.54 Å². The number of anilines is 1. The number of rotatable bonds is 3. The molecule has 0 radical (unpaired) electrons. The highest BCUT2D eigenvalue weighted by Gasteiger charge is 2.01. The van der Waals surface area contributed by atoms with Crippen molar-refractivity contribution < 1.29 is 9.90 Å². The van der Waals surface area contributed by atoms with Gasteiger partial charge < -0.3 is 15.7 Å². The predicted octanol–water partition coefficient (Wildman–Crippen LogP) is 3.02. The second-order valence-corrected chi connectivity index (χ2v) is 4.34. The van der Waals surface area contributed by atoms with Crippen molar-refractivity contribution in [1.82, 2.24) is 5.32 Å². The zero-order valence-corrected chi connectivity index (χ0v) is 10.7. The molecule has 2 amide bonds. The van der Waals surface area contributed by atoms with Gasteiger partial charge >= 0.3 is 6.03 Å². The third-order valence-corrected chi connectivity index (χ3v) is 2.70. The van der Waals surface area contributed by atoms with Crippen LogP contribution in [0.5, 0.6) is 5.75 Å². The average Bonchev–Trinajstić information content (AvgIpc) is 2.41. The molecule has 0 atom stereocenters. The number of aryl methyl sites for hydroxylation is 1. The molecule has 4 heteroatoms. The van der Waals surface area contributed by atoms with E-state index < -0.39 is 0 Å². The smallest absolute Gasteiger partial charge is 0.319 e. The molecule has 0 saturated carbocycles. The van der Waals surface area contributed by atoms with E-state index in [1.165, 1.54) is 0 Å². The fraction of sp³-hybridized carbons (Fsp3) is 0.133. The van der Waals surface area contributed by atoms with Gasteiger partial charge in [-0.25, -0.2) is 4.79 Å². The molecule has 0 aliphatic carbocycles. The van der Waals surface area contributed by atoms with Gasteiger partial charge in [-0.05, 0) is 36.8 Å². The summed E-state index contributed by atoms with van der Waals surface area (Å²) < 4.78 is 0. The van der Waals surface area contributed by atoms with Gasteiger partial charge in [0.05, 0.1) is 0 Å². The molecule has 0 fully saturated rings. The Morgan fingerprint density at radius 3 is 2.32 bits per heavy atom. The molecule has 0 aliphatic rings. The lowest BCUT2D eigenvalue weighted by atomic mass is 10.2. The van der Waals surface area contributed by atoms with Gasteiger partial charge in [0.2, 0.25) is 0 Å². The zero-order valence-electron chi connectivity index (χ0n) is 10.7. The van der Waals surface area contributed by atoms with E-state index in [4.69, 9.17) is 5.11 Å². The molecule has 2 aromatic carbocycles. The molecule has 0 bridgehead atoms. The Morgan fingerprint density at radius 1 is 1.05 bits per heavy atom. The largest absolute Gasteiger partial charge is 0.508 e. The summed E-state index contributed by atoms with van der Waals surface area (Å²) in [5.41, 5.74) is 2.83. The highest BCUT2D eigenvalue weighted by molar-refractivity contribution is 5.89. The minimum Gasteiger partial charge on any atom is -0.508 e. The van der Waals surface area contributed by atoms with Crippen molar-refractivity contribution in [3.05, 3.63) is 59.7 Å². The maximum absolute atomic E-state index is 11.7. The average molecular weight is 256 g/mol. The van der Waals surface area contributed by atoms with E-state index in [1.54, 1.807) is 24.3 Å². The van der Waals surface area contributed by atoms with Crippen LogP contribution in [-0.4, -0.2) is 11.1 Å². The van der Waals surface area contributed by atoms with Crippen molar-refractivity contribution in [2.24, 2.45) is 0 Å². The third kappa shape index (κ3) is 4.03. The molecule has 19 heavy (non-hydrogen) atoms. The fourth-order valence-corrected chi connectivity index (χ4v) is 1.61. The van der Waals surface area contributed by atoms with Crippen LogP contribution in [0, 0.1) is 6.92 Å². The standard InChI is InChI=1S/C15H16N2O2/c1-11-2-6-13(7-3-11)17-15(19)16-10-12-4-8-14(18)9-5-12/h2-9,18H,10H2,1H3,(H2,16,17,19). The molecule has 3 N–H and O–H groups in total. The molecule has 4 nitrogen and oxygen atoms in total. The van der Waals surface area contributed by atoms with Crippen molar-refractivity contribution in [3.63, 3.8) is 0 Å². The highest BCUT2D eigenvalue weighted by atomic mass is 16.3. The summed E-state index contributed by atoms with van der Waals surface area (Å²) in [4.78, 5) is 11.7. The first-order valence-electron chi connectivity index (χ1n) is 6.03. The number of phenolic OH excluding ortho intramolecular Hbond substituents is 1. The van der Waals surface area contributed by atoms with E-state index in [1.807, 2.05) is 31.2 Å². The number of carbonyl (C=O) groups excluding carboxylic acids is 1. The Morgan fingerprint density at radius 2 is 1.68 bits per heavy atom. The van der Waals surface area contributed by atoms with Gasteiger partial charge in [-0.1, -0.05) is 29.8 Å². The van der Waals surface area contributed by atoms with Crippen LogP contribution in [0.25, 0.3) is 0 Å². The quantitative estimate of drug-likeness (QED) is 0.790. The van der Waals surface area contributed by atoms with Crippen LogP contribution in [0.2, 0.25) is 0 Å². The lowest BCUT2D eigenvalue weighted by molar-refractivity contribution is 0.251. The van der Waals surface area contributed by atoms with Crippen LogP contribution in [0.1, 0.15) is 11.1 Å². The number of amides is 2. The summed E-state index contributed by atoms with van der Waals surface area (Å²) in [5, 5.41) is 14.7. The Labute approximate surface area is 112 Å². The number of hydrogen-bond acceptors (Lipinski definition) is 2. The number of urea groups is 1. The predicted molar refractivity (Wildman–Crippen MR) is 75.1 cm³/mol. The SMILES string of the molecule is Cc1ccc(NC(=O)NCc2ccc(O)cc2)cc1. The summed E-state index contributed by atoms with van der Waals surface area (Å²) in [6, 6.07) is 14.1. The van der Waals surface area contributed by atoms with Gasteiger partial charge in [0.15, 0.2) is 0 Å². The summed E-state index contributed by atoms with van der Waals surface area (Å²) in [6.07, 6.45) is 0. The lowest BCUT2D eigenvalue weighted by Crippen LogP contribution is -2.28. The topological polar surface area (TPSA) is 61.4 Å². The molecule has 0 unspecified atom stereocenters. The normalized spacial score (nSPS) is 9.95. The van der Waals surface area contributed by atoms with Gasteiger partial charge in [0, 0.05) is 12.2 Å².